The molecule has 1 aromatic carbocycles. The predicted octanol–water partition coefficient (Wildman–Crippen LogP) is 2.23. The molecular weight excluding hydrogens is 364 g/mol. The highest BCUT2D eigenvalue weighted by molar-refractivity contribution is 5.74. The number of piperidine rings is 1. The highest BCUT2D eigenvalue weighted by Crippen LogP contribution is 2.42. The molecule has 1 aliphatic carbocycles. The molecule has 3 aliphatic rings. The zero-order chi connectivity index (χ0) is 20.3. The van der Waals surface area contributed by atoms with Gasteiger partial charge in [-0.3, -0.25) is 0 Å². The Hall–Kier alpha value is -1.63. The van der Waals surface area contributed by atoms with Gasteiger partial charge in [-0.25, -0.2) is 4.79 Å². The number of rotatable bonds is 6. The SMILES string of the molecule is COCC1(CN[C@@H]2C[C@H]2c2ccccc2)CCN(C(=O)N2CCN(C)CC2)CC1. The molecule has 1 aromatic rings. The summed E-state index contributed by atoms with van der Waals surface area (Å²) in [7, 11) is 3.92. The highest BCUT2D eigenvalue weighted by Gasteiger charge is 2.42. The largest absolute Gasteiger partial charge is 0.384 e. The summed E-state index contributed by atoms with van der Waals surface area (Å²) in [5.74, 6) is 0.648. The number of nitrogens with one attached hydrogen (secondary N) is 1. The molecule has 2 aliphatic heterocycles. The van der Waals surface area contributed by atoms with E-state index in [0.717, 1.165) is 65.3 Å². The maximum absolute atomic E-state index is 12.9. The van der Waals surface area contributed by atoms with Gasteiger partial charge in [0, 0.05) is 70.3 Å². The molecule has 0 unspecified atom stereocenters. The average molecular weight is 401 g/mol. The van der Waals surface area contributed by atoms with E-state index in [1.807, 2.05) is 4.90 Å². The van der Waals surface area contributed by atoms with Crippen LogP contribution in [-0.2, 0) is 4.74 Å². The Balaban J connectivity index is 1.27. The Morgan fingerprint density at radius 3 is 2.38 bits per heavy atom. The summed E-state index contributed by atoms with van der Waals surface area (Å²) in [6, 6.07) is 11.6. The van der Waals surface area contributed by atoms with Crippen LogP contribution in [0.5, 0.6) is 0 Å². The predicted molar refractivity (Wildman–Crippen MR) is 115 cm³/mol. The molecule has 1 saturated carbocycles. The number of piperazine rings is 1. The van der Waals surface area contributed by atoms with Gasteiger partial charge in [0.05, 0.1) is 6.61 Å². The van der Waals surface area contributed by atoms with Crippen LogP contribution < -0.4 is 5.32 Å². The van der Waals surface area contributed by atoms with Gasteiger partial charge in [0.15, 0.2) is 0 Å². The number of nitrogens with zero attached hydrogens (tertiary/aromatic N) is 3. The maximum atomic E-state index is 12.9. The van der Waals surface area contributed by atoms with E-state index in [-0.39, 0.29) is 11.4 Å². The van der Waals surface area contributed by atoms with Gasteiger partial charge in [0.25, 0.3) is 0 Å². The maximum Gasteiger partial charge on any atom is 0.320 e. The summed E-state index contributed by atoms with van der Waals surface area (Å²) in [6.45, 7) is 7.05. The fourth-order valence-corrected chi connectivity index (χ4v) is 4.89. The van der Waals surface area contributed by atoms with E-state index in [9.17, 15) is 4.79 Å². The van der Waals surface area contributed by atoms with Crippen LogP contribution in [0.25, 0.3) is 0 Å². The molecule has 2 amide bonds. The van der Waals surface area contributed by atoms with Crippen LogP contribution in [-0.4, -0.2) is 93.4 Å². The number of carbonyl (C=O) groups excluding carboxylic acids is 1. The lowest BCUT2D eigenvalue weighted by Crippen LogP contribution is -2.55. The minimum Gasteiger partial charge on any atom is -0.384 e. The molecule has 6 heteroatoms. The number of carbonyl (C=O) groups is 1. The summed E-state index contributed by atoms with van der Waals surface area (Å²) in [6.07, 6.45) is 3.24. The number of hydrogen-bond acceptors (Lipinski definition) is 4. The Labute approximate surface area is 175 Å². The van der Waals surface area contributed by atoms with E-state index >= 15 is 0 Å². The topological polar surface area (TPSA) is 48.1 Å². The Morgan fingerprint density at radius 1 is 1.07 bits per heavy atom. The molecule has 29 heavy (non-hydrogen) atoms. The molecule has 0 radical (unpaired) electrons. The van der Waals surface area contributed by atoms with Gasteiger partial charge in [-0.2, -0.15) is 0 Å². The Bertz CT molecular complexity index is 667. The molecule has 2 saturated heterocycles. The summed E-state index contributed by atoms with van der Waals surface area (Å²) < 4.78 is 5.61. The minimum absolute atomic E-state index is 0.136. The van der Waals surface area contributed by atoms with Crippen LogP contribution in [0.2, 0.25) is 0 Å². The van der Waals surface area contributed by atoms with Crippen molar-refractivity contribution in [1.82, 2.24) is 20.0 Å². The van der Waals surface area contributed by atoms with E-state index in [2.05, 4.69) is 52.5 Å². The van der Waals surface area contributed by atoms with Crippen molar-refractivity contribution in [3.05, 3.63) is 35.9 Å². The van der Waals surface area contributed by atoms with Crippen LogP contribution in [0, 0.1) is 5.41 Å². The molecule has 0 spiro atoms. The Kier molecular flexibility index (Phi) is 6.42. The smallest absolute Gasteiger partial charge is 0.320 e. The zero-order valence-electron chi connectivity index (χ0n) is 18.0. The molecule has 4 rings (SSSR count). The molecule has 0 aromatic heterocycles. The van der Waals surface area contributed by atoms with Crippen LogP contribution in [0.4, 0.5) is 4.79 Å². The number of amides is 2. The van der Waals surface area contributed by atoms with Gasteiger partial charge in [-0.15, -0.1) is 0 Å². The number of urea groups is 1. The van der Waals surface area contributed by atoms with Gasteiger partial charge >= 0.3 is 6.03 Å². The first kappa shape index (κ1) is 20.6. The van der Waals surface area contributed by atoms with Crippen molar-refractivity contribution >= 4 is 6.03 Å². The first-order valence-electron chi connectivity index (χ1n) is 11.1. The summed E-state index contributed by atoms with van der Waals surface area (Å²) >= 11 is 0. The van der Waals surface area contributed by atoms with Gasteiger partial charge in [0.1, 0.15) is 0 Å². The summed E-state index contributed by atoms with van der Waals surface area (Å²) in [5.41, 5.74) is 1.58. The summed E-state index contributed by atoms with van der Waals surface area (Å²) in [5, 5.41) is 3.81. The lowest BCUT2D eigenvalue weighted by molar-refractivity contribution is 0.0237. The summed E-state index contributed by atoms with van der Waals surface area (Å²) in [4.78, 5) is 19.3. The number of likely N-dealkylation sites (tertiary alicyclic amines) is 1. The van der Waals surface area contributed by atoms with Gasteiger partial charge in [0.2, 0.25) is 0 Å². The third kappa shape index (κ3) is 4.93. The molecule has 1 N–H and O–H groups in total. The second-order valence-corrected chi connectivity index (χ2v) is 9.23. The van der Waals surface area contributed by atoms with Gasteiger partial charge in [-0.1, -0.05) is 30.3 Å². The lowest BCUT2D eigenvalue weighted by atomic mass is 9.79. The minimum atomic E-state index is 0.136. The van der Waals surface area contributed by atoms with E-state index in [1.165, 1.54) is 12.0 Å². The van der Waals surface area contributed by atoms with Crippen molar-refractivity contribution in [2.75, 3.05) is 66.6 Å². The average Bonchev–Trinajstić information content (AvgIpc) is 3.54. The third-order valence-corrected chi connectivity index (χ3v) is 7.08. The third-order valence-electron chi connectivity index (χ3n) is 7.08. The quantitative estimate of drug-likeness (QED) is 0.796. The highest BCUT2D eigenvalue weighted by atomic mass is 16.5. The second-order valence-electron chi connectivity index (χ2n) is 9.23. The van der Waals surface area contributed by atoms with Crippen molar-refractivity contribution in [2.24, 2.45) is 5.41 Å². The molecule has 2 heterocycles. The van der Waals surface area contributed by atoms with E-state index in [0.29, 0.717) is 12.0 Å². The normalized spacial score (nSPS) is 27.1. The molecule has 160 valence electrons. The number of hydrogen-bond donors (Lipinski definition) is 1. The zero-order valence-corrected chi connectivity index (χ0v) is 18.0. The monoisotopic (exact) mass is 400 g/mol. The Morgan fingerprint density at radius 2 is 1.72 bits per heavy atom. The lowest BCUT2D eigenvalue weighted by Gasteiger charge is -2.44. The fraction of sp³-hybridized carbons (Fsp3) is 0.696. The molecule has 6 nitrogen and oxygen atoms in total. The number of ether oxygens (including phenoxy) is 1. The molecule has 0 bridgehead atoms. The van der Waals surface area contributed by atoms with Crippen molar-refractivity contribution in [3.8, 4) is 0 Å². The van der Waals surface area contributed by atoms with Crippen LogP contribution in [0.15, 0.2) is 30.3 Å². The van der Waals surface area contributed by atoms with Crippen LogP contribution >= 0.6 is 0 Å². The van der Waals surface area contributed by atoms with Crippen molar-refractivity contribution in [1.29, 1.82) is 0 Å². The van der Waals surface area contributed by atoms with Crippen molar-refractivity contribution < 1.29 is 9.53 Å². The number of methoxy groups -OCH3 is 1. The van der Waals surface area contributed by atoms with Gasteiger partial charge in [-0.05, 0) is 31.9 Å². The van der Waals surface area contributed by atoms with Crippen molar-refractivity contribution in [3.63, 3.8) is 0 Å². The molecule has 3 fully saturated rings. The molecular formula is C23H36N4O2. The number of likely N-dealkylation sites (N-methyl/N-ethyl adjacent to an activating group) is 1. The van der Waals surface area contributed by atoms with Gasteiger partial charge < -0.3 is 24.8 Å². The van der Waals surface area contributed by atoms with Crippen LogP contribution in [0.1, 0.15) is 30.7 Å². The van der Waals surface area contributed by atoms with E-state index in [4.69, 9.17) is 4.74 Å². The van der Waals surface area contributed by atoms with Crippen molar-refractivity contribution in [2.45, 2.75) is 31.2 Å². The first-order chi connectivity index (χ1) is 14.1. The standard InChI is InChI=1S/C23H36N4O2/c1-25-12-14-27(15-13-25)22(28)26-10-8-23(9-11-26,18-29-2)17-24-21-16-20(21)19-6-4-3-5-7-19/h3-7,20-21,24H,8-18H2,1-2H3/t20-,21+/m0/s1. The second kappa shape index (κ2) is 9.02. The number of benzene rings is 1. The van der Waals surface area contributed by atoms with E-state index < -0.39 is 0 Å². The first-order valence-corrected chi connectivity index (χ1v) is 11.1. The fourth-order valence-electron chi connectivity index (χ4n) is 4.89. The van der Waals surface area contributed by atoms with Crippen LogP contribution in [0.3, 0.4) is 0 Å². The van der Waals surface area contributed by atoms with E-state index in [1.54, 1.807) is 7.11 Å². The molecule has 2 atom stereocenters.